The van der Waals surface area contributed by atoms with Crippen LogP contribution in [0, 0.1) is 5.82 Å². The molecule has 1 aliphatic rings. The van der Waals surface area contributed by atoms with Crippen LogP contribution < -0.4 is 10.2 Å². The summed E-state index contributed by atoms with van der Waals surface area (Å²) < 4.78 is 18.8. The van der Waals surface area contributed by atoms with Crippen molar-refractivity contribution in [3.05, 3.63) is 60.2 Å². The molecule has 29 heavy (non-hydrogen) atoms. The van der Waals surface area contributed by atoms with Crippen LogP contribution in [-0.2, 0) is 14.3 Å². The lowest BCUT2D eigenvalue weighted by Gasteiger charge is -2.40. The van der Waals surface area contributed by atoms with Crippen molar-refractivity contribution in [2.75, 3.05) is 44.2 Å². The van der Waals surface area contributed by atoms with E-state index in [0.717, 1.165) is 5.56 Å². The van der Waals surface area contributed by atoms with Crippen LogP contribution in [-0.4, -0.2) is 61.1 Å². The molecule has 1 N–H and O–H groups in total. The highest BCUT2D eigenvalue weighted by Gasteiger charge is 2.27. The largest absolute Gasteiger partial charge is 0.459 e. The number of carbonyl (C=O) groups is 2. The molecule has 1 atom stereocenters. The van der Waals surface area contributed by atoms with E-state index in [0.29, 0.717) is 31.9 Å². The van der Waals surface area contributed by atoms with Crippen LogP contribution in [0.5, 0.6) is 0 Å². The van der Waals surface area contributed by atoms with E-state index < -0.39 is 11.9 Å². The lowest BCUT2D eigenvalue weighted by atomic mass is 10.1. The van der Waals surface area contributed by atoms with Gasteiger partial charge < -0.3 is 15.0 Å². The molecule has 1 aromatic heterocycles. The minimum absolute atomic E-state index is 0.148. The highest BCUT2D eigenvalue weighted by atomic mass is 19.1. The van der Waals surface area contributed by atoms with E-state index >= 15 is 0 Å². The topological polar surface area (TPSA) is 74.8 Å². The van der Waals surface area contributed by atoms with Gasteiger partial charge in [0.15, 0.2) is 0 Å². The van der Waals surface area contributed by atoms with Gasteiger partial charge in [-0.05, 0) is 30.7 Å². The lowest BCUT2D eigenvalue weighted by Crippen LogP contribution is -2.50. The van der Waals surface area contributed by atoms with Crippen molar-refractivity contribution < 1.29 is 18.7 Å². The first-order valence-corrected chi connectivity index (χ1v) is 9.68. The number of pyridine rings is 1. The monoisotopic (exact) mass is 400 g/mol. The van der Waals surface area contributed by atoms with Crippen molar-refractivity contribution >= 4 is 17.6 Å². The van der Waals surface area contributed by atoms with E-state index in [1.807, 2.05) is 23.1 Å². The number of esters is 1. The average molecular weight is 400 g/mol. The molecule has 0 bridgehead atoms. The smallest absolute Gasteiger partial charge is 0.396 e. The van der Waals surface area contributed by atoms with E-state index in [-0.39, 0.29) is 25.0 Å². The summed E-state index contributed by atoms with van der Waals surface area (Å²) >= 11 is 0. The average Bonchev–Trinajstić information content (AvgIpc) is 2.75. The summed E-state index contributed by atoms with van der Waals surface area (Å²) in [6, 6.07) is 10.4. The van der Waals surface area contributed by atoms with E-state index in [9.17, 15) is 14.0 Å². The van der Waals surface area contributed by atoms with Crippen LogP contribution in [0.2, 0.25) is 0 Å². The zero-order valence-electron chi connectivity index (χ0n) is 16.4. The summed E-state index contributed by atoms with van der Waals surface area (Å²) in [6.07, 6.45) is 3.44. The SMILES string of the molecule is CCOC(=O)C(=O)NC[C@@H](c1cccnc1)N1CCN(c2ccccc2F)CC1. The molecule has 2 aromatic rings. The van der Waals surface area contributed by atoms with Crippen molar-refractivity contribution in [3.8, 4) is 0 Å². The third-order valence-electron chi connectivity index (χ3n) is 4.93. The number of hydrogen-bond donors (Lipinski definition) is 1. The third kappa shape index (κ3) is 5.29. The van der Waals surface area contributed by atoms with Gasteiger partial charge in [-0.25, -0.2) is 9.18 Å². The number of nitrogens with zero attached hydrogens (tertiary/aromatic N) is 3. The third-order valence-corrected chi connectivity index (χ3v) is 4.93. The lowest BCUT2D eigenvalue weighted by molar-refractivity contribution is -0.154. The molecule has 1 amide bonds. The van der Waals surface area contributed by atoms with Crippen LogP contribution in [0.3, 0.4) is 0 Å². The summed E-state index contributed by atoms with van der Waals surface area (Å²) in [5.41, 5.74) is 1.54. The summed E-state index contributed by atoms with van der Waals surface area (Å²) in [4.78, 5) is 32.0. The summed E-state index contributed by atoms with van der Waals surface area (Å²) in [5.74, 6) is -1.88. The number of para-hydroxylation sites is 1. The molecule has 1 fully saturated rings. The second-order valence-corrected chi connectivity index (χ2v) is 6.71. The van der Waals surface area contributed by atoms with Gasteiger partial charge in [-0.1, -0.05) is 18.2 Å². The number of aromatic nitrogens is 1. The van der Waals surface area contributed by atoms with Crippen LogP contribution in [0.4, 0.5) is 10.1 Å². The first-order valence-electron chi connectivity index (χ1n) is 9.68. The Kier molecular flexibility index (Phi) is 7.13. The first kappa shape index (κ1) is 20.7. The van der Waals surface area contributed by atoms with Crippen molar-refractivity contribution in [1.82, 2.24) is 15.2 Å². The van der Waals surface area contributed by atoms with E-state index in [1.54, 1.807) is 31.5 Å². The number of rotatable bonds is 6. The zero-order valence-corrected chi connectivity index (χ0v) is 16.4. The minimum Gasteiger partial charge on any atom is -0.459 e. The second-order valence-electron chi connectivity index (χ2n) is 6.71. The first-order chi connectivity index (χ1) is 14.1. The predicted molar refractivity (Wildman–Crippen MR) is 107 cm³/mol. The number of hydrogen-bond acceptors (Lipinski definition) is 6. The van der Waals surface area contributed by atoms with Crippen molar-refractivity contribution in [2.45, 2.75) is 13.0 Å². The van der Waals surface area contributed by atoms with Crippen LogP contribution in [0.1, 0.15) is 18.5 Å². The minimum atomic E-state index is -0.887. The number of carbonyl (C=O) groups excluding carboxylic acids is 2. The Bertz CT molecular complexity index is 826. The van der Waals surface area contributed by atoms with Crippen LogP contribution in [0.25, 0.3) is 0 Å². The van der Waals surface area contributed by atoms with Gasteiger partial charge in [-0.15, -0.1) is 0 Å². The quantitative estimate of drug-likeness (QED) is 0.588. The Morgan fingerprint density at radius 3 is 2.59 bits per heavy atom. The molecule has 0 unspecified atom stereocenters. The number of anilines is 1. The van der Waals surface area contributed by atoms with E-state index in [1.165, 1.54) is 6.07 Å². The molecular formula is C21H25FN4O3. The summed E-state index contributed by atoms with van der Waals surface area (Å²) in [6.45, 7) is 4.73. The molecule has 8 heteroatoms. The predicted octanol–water partition coefficient (Wildman–Crippen LogP) is 1.76. The Morgan fingerprint density at radius 2 is 1.93 bits per heavy atom. The summed E-state index contributed by atoms with van der Waals surface area (Å²) in [7, 11) is 0. The number of halogens is 1. The molecule has 0 spiro atoms. The highest BCUT2D eigenvalue weighted by Crippen LogP contribution is 2.25. The van der Waals surface area contributed by atoms with Gasteiger partial charge in [-0.3, -0.25) is 14.7 Å². The molecule has 2 heterocycles. The molecular weight excluding hydrogens is 375 g/mol. The molecule has 1 saturated heterocycles. The van der Waals surface area contributed by atoms with E-state index in [2.05, 4.69) is 15.2 Å². The van der Waals surface area contributed by atoms with Crippen molar-refractivity contribution in [1.29, 1.82) is 0 Å². The van der Waals surface area contributed by atoms with E-state index in [4.69, 9.17) is 4.74 Å². The molecule has 1 aliphatic heterocycles. The van der Waals surface area contributed by atoms with Crippen molar-refractivity contribution in [3.63, 3.8) is 0 Å². The Hall–Kier alpha value is -3.00. The number of benzene rings is 1. The Labute approximate surface area is 169 Å². The molecule has 0 aliphatic carbocycles. The maximum absolute atomic E-state index is 14.1. The maximum Gasteiger partial charge on any atom is 0.396 e. The molecule has 154 valence electrons. The van der Waals surface area contributed by atoms with Gasteiger partial charge in [-0.2, -0.15) is 0 Å². The van der Waals surface area contributed by atoms with Crippen LogP contribution >= 0.6 is 0 Å². The number of nitrogens with one attached hydrogen (secondary N) is 1. The fourth-order valence-electron chi connectivity index (χ4n) is 3.47. The zero-order chi connectivity index (χ0) is 20.6. The second kappa shape index (κ2) is 9.97. The van der Waals surface area contributed by atoms with Gasteiger partial charge >= 0.3 is 11.9 Å². The van der Waals surface area contributed by atoms with Gasteiger partial charge in [0.05, 0.1) is 18.3 Å². The molecule has 0 radical (unpaired) electrons. The number of piperazine rings is 1. The highest BCUT2D eigenvalue weighted by molar-refractivity contribution is 6.32. The molecule has 7 nitrogen and oxygen atoms in total. The molecule has 1 aromatic carbocycles. The number of amides is 1. The number of ether oxygens (including phenoxy) is 1. The fourth-order valence-corrected chi connectivity index (χ4v) is 3.47. The Morgan fingerprint density at radius 1 is 1.17 bits per heavy atom. The van der Waals surface area contributed by atoms with Crippen molar-refractivity contribution in [2.24, 2.45) is 0 Å². The Balaban J connectivity index is 1.67. The normalized spacial score (nSPS) is 15.6. The van der Waals surface area contributed by atoms with Gasteiger partial charge in [0.1, 0.15) is 5.82 Å². The van der Waals surface area contributed by atoms with Gasteiger partial charge in [0.2, 0.25) is 0 Å². The molecule has 0 saturated carbocycles. The van der Waals surface area contributed by atoms with Gasteiger partial charge in [0, 0.05) is 45.1 Å². The maximum atomic E-state index is 14.1. The fraction of sp³-hybridized carbons (Fsp3) is 0.381. The summed E-state index contributed by atoms with van der Waals surface area (Å²) in [5, 5.41) is 2.66. The molecule has 3 rings (SSSR count). The van der Waals surface area contributed by atoms with Crippen LogP contribution in [0.15, 0.2) is 48.8 Å². The standard InChI is InChI=1S/C21H25FN4O3/c1-2-29-21(28)20(27)24-15-19(16-6-5-9-23-14-16)26-12-10-25(11-13-26)18-8-4-3-7-17(18)22/h3-9,14,19H,2,10-13,15H2,1H3,(H,24,27)/t19-/m0/s1. The van der Waals surface area contributed by atoms with Gasteiger partial charge in [0.25, 0.3) is 0 Å².